The van der Waals surface area contributed by atoms with Crippen molar-refractivity contribution in [2.75, 3.05) is 5.32 Å². The molecule has 4 rings (SSSR count). The van der Waals surface area contributed by atoms with Crippen LogP contribution in [0, 0.1) is 17.0 Å². The lowest BCUT2D eigenvalue weighted by Gasteiger charge is -2.10. The molecule has 2 aromatic carbocycles. The zero-order valence-corrected chi connectivity index (χ0v) is 15.2. The number of furan rings is 1. The van der Waals surface area contributed by atoms with Gasteiger partial charge in [0.15, 0.2) is 5.76 Å². The molecule has 144 valence electrons. The van der Waals surface area contributed by atoms with Gasteiger partial charge in [0.05, 0.1) is 22.4 Å². The molecule has 0 atom stereocenters. The third-order valence-corrected chi connectivity index (χ3v) is 4.32. The van der Waals surface area contributed by atoms with Crippen LogP contribution in [0.5, 0.6) is 0 Å². The van der Waals surface area contributed by atoms with Crippen LogP contribution in [0.3, 0.4) is 0 Å². The topological polar surface area (TPSA) is 124 Å². The summed E-state index contributed by atoms with van der Waals surface area (Å²) in [4.78, 5) is 27.7. The van der Waals surface area contributed by atoms with Crippen molar-refractivity contribution in [1.29, 1.82) is 0 Å². The van der Waals surface area contributed by atoms with E-state index in [2.05, 4.69) is 15.5 Å². The number of aromatic nitrogens is 2. The molecule has 29 heavy (non-hydrogen) atoms. The summed E-state index contributed by atoms with van der Waals surface area (Å²) in [5.41, 5.74) is 1.31. The van der Waals surface area contributed by atoms with E-state index in [9.17, 15) is 14.9 Å². The Kier molecular flexibility index (Phi) is 4.62. The molecule has 4 aromatic rings. The van der Waals surface area contributed by atoms with Crippen LogP contribution in [-0.4, -0.2) is 21.0 Å². The second kappa shape index (κ2) is 7.39. The molecule has 2 aromatic heterocycles. The Morgan fingerprint density at radius 1 is 1.10 bits per heavy atom. The molecule has 1 amide bonds. The van der Waals surface area contributed by atoms with Crippen LogP contribution in [-0.2, 0) is 0 Å². The quantitative estimate of drug-likeness (QED) is 0.394. The van der Waals surface area contributed by atoms with Gasteiger partial charge < -0.3 is 14.3 Å². The van der Waals surface area contributed by atoms with Gasteiger partial charge in [-0.05, 0) is 37.3 Å². The first kappa shape index (κ1) is 18.1. The molecular weight excluding hydrogens is 376 g/mol. The minimum absolute atomic E-state index is 0.120. The summed E-state index contributed by atoms with van der Waals surface area (Å²) in [6.07, 6.45) is 1.50. The van der Waals surface area contributed by atoms with Gasteiger partial charge in [0.25, 0.3) is 17.5 Å². The number of benzene rings is 2. The van der Waals surface area contributed by atoms with E-state index in [-0.39, 0.29) is 28.5 Å². The number of nitrogens with one attached hydrogen (secondary N) is 1. The molecule has 9 heteroatoms. The molecule has 9 nitrogen and oxygen atoms in total. The zero-order valence-electron chi connectivity index (χ0n) is 15.2. The Labute approximate surface area is 164 Å². The van der Waals surface area contributed by atoms with E-state index in [1.54, 1.807) is 36.4 Å². The molecule has 0 unspecified atom stereocenters. The van der Waals surface area contributed by atoms with Gasteiger partial charge in [-0.25, -0.2) is 0 Å². The Hall–Kier alpha value is -4.27. The Morgan fingerprint density at radius 2 is 1.93 bits per heavy atom. The smallest absolute Gasteiger partial charge is 0.273 e. The van der Waals surface area contributed by atoms with Crippen LogP contribution in [0.15, 0.2) is 69.8 Å². The molecule has 2 heterocycles. The van der Waals surface area contributed by atoms with Crippen molar-refractivity contribution in [3.05, 3.63) is 82.1 Å². The van der Waals surface area contributed by atoms with E-state index in [0.717, 1.165) is 0 Å². The maximum absolute atomic E-state index is 12.8. The largest absolute Gasteiger partial charge is 0.461 e. The van der Waals surface area contributed by atoms with E-state index >= 15 is 0 Å². The van der Waals surface area contributed by atoms with Gasteiger partial charge >= 0.3 is 0 Å². The average molecular weight is 390 g/mol. The van der Waals surface area contributed by atoms with Crippen molar-refractivity contribution >= 4 is 17.3 Å². The lowest BCUT2D eigenvalue weighted by molar-refractivity contribution is -0.385. The molecule has 0 aliphatic carbocycles. The Bertz CT molecular complexity index is 1200. The number of nitrogens with zero attached hydrogens (tertiary/aromatic N) is 3. The number of amides is 1. The van der Waals surface area contributed by atoms with E-state index < -0.39 is 10.8 Å². The summed E-state index contributed by atoms with van der Waals surface area (Å²) in [6, 6.07) is 14.7. The van der Waals surface area contributed by atoms with Crippen LogP contribution >= 0.6 is 0 Å². The summed E-state index contributed by atoms with van der Waals surface area (Å²) < 4.78 is 10.6. The van der Waals surface area contributed by atoms with Crippen molar-refractivity contribution in [3.63, 3.8) is 0 Å². The van der Waals surface area contributed by atoms with Gasteiger partial charge in [-0.2, -0.15) is 4.98 Å². The molecule has 0 aliphatic rings. The molecule has 0 bridgehead atoms. The van der Waals surface area contributed by atoms with E-state index in [1.165, 1.54) is 31.4 Å². The maximum Gasteiger partial charge on any atom is 0.273 e. The molecule has 0 saturated carbocycles. The van der Waals surface area contributed by atoms with Crippen LogP contribution < -0.4 is 5.32 Å². The van der Waals surface area contributed by atoms with Crippen LogP contribution in [0.25, 0.3) is 23.0 Å². The third-order valence-electron chi connectivity index (χ3n) is 4.32. The summed E-state index contributed by atoms with van der Waals surface area (Å²) in [5, 5.41) is 17.8. The second-order valence-electron chi connectivity index (χ2n) is 6.11. The van der Waals surface area contributed by atoms with Crippen molar-refractivity contribution in [2.24, 2.45) is 0 Å². The minimum atomic E-state index is -0.519. The SMILES string of the molecule is Cc1c(C(=O)Nc2ccccc2-c2nc(-c3ccco3)no2)cccc1[N+](=O)[O-]. The number of nitro groups is 1. The molecule has 0 aliphatic heterocycles. The summed E-state index contributed by atoms with van der Waals surface area (Å²) in [7, 11) is 0. The first-order valence-electron chi connectivity index (χ1n) is 8.57. The number of carbonyl (C=O) groups is 1. The Morgan fingerprint density at radius 3 is 2.69 bits per heavy atom. The number of hydrogen-bond donors (Lipinski definition) is 1. The van der Waals surface area contributed by atoms with Crippen molar-refractivity contribution in [1.82, 2.24) is 10.1 Å². The van der Waals surface area contributed by atoms with Gasteiger partial charge in [-0.1, -0.05) is 23.4 Å². The second-order valence-corrected chi connectivity index (χ2v) is 6.11. The monoisotopic (exact) mass is 390 g/mol. The normalized spacial score (nSPS) is 10.7. The number of nitro benzene ring substituents is 1. The van der Waals surface area contributed by atoms with Crippen LogP contribution in [0.1, 0.15) is 15.9 Å². The lowest BCUT2D eigenvalue weighted by atomic mass is 10.1. The standard InChI is InChI=1S/C20H14N4O5/c1-12-13(7-4-9-16(12)24(26)27)19(25)21-15-8-3-2-6-14(15)20-22-18(23-29-20)17-10-5-11-28-17/h2-11H,1H3,(H,21,25). The number of rotatable bonds is 5. The highest BCUT2D eigenvalue weighted by Crippen LogP contribution is 2.29. The fourth-order valence-electron chi connectivity index (χ4n) is 2.87. The number of hydrogen-bond acceptors (Lipinski definition) is 7. The van der Waals surface area contributed by atoms with Crippen molar-refractivity contribution < 1.29 is 18.7 Å². The zero-order chi connectivity index (χ0) is 20.4. The predicted molar refractivity (Wildman–Crippen MR) is 103 cm³/mol. The fourth-order valence-corrected chi connectivity index (χ4v) is 2.87. The highest BCUT2D eigenvalue weighted by atomic mass is 16.6. The first-order chi connectivity index (χ1) is 14.0. The number of para-hydroxylation sites is 1. The van der Waals surface area contributed by atoms with E-state index in [1.807, 2.05) is 0 Å². The molecular formula is C20H14N4O5. The molecule has 0 saturated heterocycles. The number of anilines is 1. The summed E-state index contributed by atoms with van der Waals surface area (Å²) in [5.74, 6) is 0.446. The molecule has 0 fully saturated rings. The van der Waals surface area contributed by atoms with Gasteiger partial charge in [-0.3, -0.25) is 14.9 Å². The van der Waals surface area contributed by atoms with E-state index in [0.29, 0.717) is 17.0 Å². The van der Waals surface area contributed by atoms with Crippen molar-refractivity contribution in [3.8, 4) is 23.0 Å². The number of carbonyl (C=O) groups excluding carboxylic acids is 1. The van der Waals surface area contributed by atoms with Crippen LogP contribution in [0.2, 0.25) is 0 Å². The van der Waals surface area contributed by atoms with Gasteiger partial charge in [0, 0.05) is 17.2 Å². The Balaban J connectivity index is 1.66. The van der Waals surface area contributed by atoms with Gasteiger partial charge in [0.2, 0.25) is 5.82 Å². The summed E-state index contributed by atoms with van der Waals surface area (Å²) >= 11 is 0. The van der Waals surface area contributed by atoms with Crippen LogP contribution in [0.4, 0.5) is 11.4 Å². The van der Waals surface area contributed by atoms with Gasteiger partial charge in [0.1, 0.15) is 0 Å². The predicted octanol–water partition coefficient (Wildman–Crippen LogP) is 4.47. The molecule has 0 spiro atoms. The minimum Gasteiger partial charge on any atom is -0.461 e. The molecule has 1 N–H and O–H groups in total. The fraction of sp³-hybridized carbons (Fsp3) is 0.0500. The van der Waals surface area contributed by atoms with E-state index in [4.69, 9.17) is 8.94 Å². The highest BCUT2D eigenvalue weighted by Gasteiger charge is 2.20. The first-order valence-corrected chi connectivity index (χ1v) is 8.57. The average Bonchev–Trinajstić information content (AvgIpc) is 3.40. The maximum atomic E-state index is 12.8. The lowest BCUT2D eigenvalue weighted by Crippen LogP contribution is -2.14. The van der Waals surface area contributed by atoms with Gasteiger partial charge in [-0.15, -0.1) is 0 Å². The highest BCUT2D eigenvalue weighted by molar-refractivity contribution is 6.07. The summed E-state index contributed by atoms with van der Waals surface area (Å²) in [6.45, 7) is 1.53. The third kappa shape index (κ3) is 3.48. The molecule has 0 radical (unpaired) electrons. The van der Waals surface area contributed by atoms with Crippen molar-refractivity contribution in [2.45, 2.75) is 6.92 Å².